The number of nitrogens with one attached hydrogen (secondary N) is 2. The van der Waals surface area contributed by atoms with E-state index in [1.165, 1.54) is 44.1 Å². The Labute approximate surface area is 251 Å². The summed E-state index contributed by atoms with van der Waals surface area (Å²) in [5.74, 6) is 2.93. The Morgan fingerprint density at radius 3 is 2.66 bits per heavy atom. The van der Waals surface area contributed by atoms with Gasteiger partial charge in [-0.05, 0) is 106 Å². The summed E-state index contributed by atoms with van der Waals surface area (Å²) in [5.41, 5.74) is 3.89. The van der Waals surface area contributed by atoms with Crippen LogP contribution >= 0.6 is 8.53 Å². The van der Waals surface area contributed by atoms with E-state index in [1.807, 2.05) is 0 Å². The number of rotatable bonds is 14. The largest absolute Gasteiger partial charge is 0.446 e. The maximum atomic E-state index is 12.5. The molecule has 3 saturated carbocycles. The summed E-state index contributed by atoms with van der Waals surface area (Å²) in [6, 6.07) is 0. The summed E-state index contributed by atoms with van der Waals surface area (Å²) in [7, 11) is 0.207. The third-order valence-corrected chi connectivity index (χ3v) is 11.7. The van der Waals surface area contributed by atoms with E-state index in [9.17, 15) is 9.69 Å². The zero-order valence-corrected chi connectivity index (χ0v) is 27.3. The number of hydrogen-bond acceptors (Lipinski definition) is 5. The fraction of sp³-hybridized carbons (Fsp3) is 0.794. The number of allylic oxidation sites excluding steroid dienone is 5. The molecule has 3 N–H and O–H groups in total. The van der Waals surface area contributed by atoms with E-state index in [2.05, 4.69) is 62.4 Å². The second kappa shape index (κ2) is 15.0. The first-order chi connectivity index (χ1) is 19.7. The van der Waals surface area contributed by atoms with Crippen molar-refractivity contribution in [3.8, 4) is 0 Å². The second-order valence-corrected chi connectivity index (χ2v) is 15.2. The van der Waals surface area contributed by atoms with Gasteiger partial charge in [0, 0.05) is 13.0 Å². The molecule has 6 nitrogen and oxygen atoms in total. The molecule has 7 unspecified atom stereocenters. The predicted octanol–water partition coefficient (Wildman–Crippen LogP) is 8.59. The lowest BCUT2D eigenvalue weighted by Gasteiger charge is -2.54. The Morgan fingerprint density at radius 1 is 1.07 bits per heavy atom. The summed E-state index contributed by atoms with van der Waals surface area (Å²) < 4.78 is 11.1. The number of alkyl carbamates (subject to hydrolysis) is 1. The average Bonchev–Trinajstić information content (AvgIpc) is 3.28. The van der Waals surface area contributed by atoms with Crippen LogP contribution in [-0.4, -0.2) is 37.3 Å². The maximum absolute atomic E-state index is 12.5. The molecule has 0 heterocycles. The van der Waals surface area contributed by atoms with Crippen molar-refractivity contribution in [3.05, 3.63) is 35.5 Å². The molecule has 7 atom stereocenters. The van der Waals surface area contributed by atoms with Gasteiger partial charge >= 0.3 is 6.09 Å². The van der Waals surface area contributed by atoms with E-state index >= 15 is 0 Å². The molecule has 41 heavy (non-hydrogen) atoms. The van der Waals surface area contributed by atoms with Crippen LogP contribution in [0.15, 0.2) is 35.5 Å². The van der Waals surface area contributed by atoms with Crippen LogP contribution in [0.2, 0.25) is 0 Å². The van der Waals surface area contributed by atoms with Gasteiger partial charge in [0.1, 0.15) is 6.10 Å². The zero-order valence-electron chi connectivity index (χ0n) is 26.4. The normalized spacial score (nSPS) is 33.5. The van der Waals surface area contributed by atoms with Gasteiger partial charge < -0.3 is 19.5 Å². The van der Waals surface area contributed by atoms with Gasteiger partial charge in [-0.25, -0.2) is 4.79 Å². The predicted molar refractivity (Wildman–Crippen MR) is 169 cm³/mol. The molecule has 232 valence electrons. The first-order valence-electron chi connectivity index (χ1n) is 16.5. The van der Waals surface area contributed by atoms with Crippen LogP contribution in [0, 0.1) is 34.5 Å². The SMILES string of the molecule is CNP(O)OCCCCCCNC(=O)OC1CCC2(C)C(=CC=C3C2CCC2(C)C(C/C=C/CC(C)C)CCC32)C1. The lowest BCUT2D eigenvalue weighted by atomic mass is 9.50. The van der Waals surface area contributed by atoms with Crippen LogP contribution in [0.3, 0.4) is 0 Å². The van der Waals surface area contributed by atoms with Crippen molar-refractivity contribution in [2.75, 3.05) is 20.2 Å². The number of carbonyl (C=O) groups excluding carboxylic acids is 1. The fourth-order valence-electron chi connectivity index (χ4n) is 8.37. The van der Waals surface area contributed by atoms with Gasteiger partial charge in [-0.15, -0.1) is 0 Å². The highest BCUT2D eigenvalue weighted by Crippen LogP contribution is 2.65. The second-order valence-electron chi connectivity index (χ2n) is 14.0. The fourth-order valence-corrected chi connectivity index (χ4v) is 8.80. The number of unbranched alkanes of at least 4 members (excludes halogenated alkanes) is 3. The van der Waals surface area contributed by atoms with Crippen molar-refractivity contribution in [1.29, 1.82) is 0 Å². The minimum Gasteiger partial charge on any atom is -0.446 e. The smallest absolute Gasteiger partial charge is 0.407 e. The van der Waals surface area contributed by atoms with E-state index in [-0.39, 0.29) is 17.6 Å². The average molecular weight is 589 g/mol. The van der Waals surface area contributed by atoms with Crippen LogP contribution in [0.1, 0.15) is 111 Å². The molecule has 1 amide bonds. The van der Waals surface area contributed by atoms with Crippen molar-refractivity contribution >= 4 is 14.6 Å². The zero-order chi connectivity index (χ0) is 29.5. The highest BCUT2D eigenvalue weighted by atomic mass is 31.2. The summed E-state index contributed by atoms with van der Waals surface area (Å²) in [4.78, 5) is 21.9. The van der Waals surface area contributed by atoms with Crippen molar-refractivity contribution in [1.82, 2.24) is 10.4 Å². The molecule has 4 rings (SSSR count). The molecular weight excluding hydrogens is 531 g/mol. The lowest BCUT2D eigenvalue weighted by Crippen LogP contribution is -2.46. The van der Waals surface area contributed by atoms with Gasteiger partial charge in [0.15, 0.2) is 0 Å². The van der Waals surface area contributed by atoms with E-state index in [0.29, 0.717) is 24.5 Å². The molecule has 0 aliphatic heterocycles. The molecule has 7 heteroatoms. The number of hydrogen-bond donors (Lipinski definition) is 3. The van der Waals surface area contributed by atoms with Crippen LogP contribution in [-0.2, 0) is 9.26 Å². The van der Waals surface area contributed by atoms with Gasteiger partial charge in [-0.3, -0.25) is 5.09 Å². The molecular formula is C34H57N2O4P. The number of amides is 1. The molecule has 0 spiro atoms. The molecule has 0 aromatic carbocycles. The molecule has 4 aliphatic rings. The third-order valence-electron chi connectivity index (χ3n) is 10.9. The Hall–Kier alpha value is -1.20. The van der Waals surface area contributed by atoms with Crippen LogP contribution in [0.25, 0.3) is 0 Å². The number of carbonyl (C=O) groups is 1. The molecule has 0 radical (unpaired) electrons. The third kappa shape index (κ3) is 8.05. The van der Waals surface area contributed by atoms with E-state index < -0.39 is 8.53 Å². The Morgan fingerprint density at radius 2 is 1.88 bits per heavy atom. The molecule has 3 fully saturated rings. The number of fused-ring (bicyclic) bond motifs is 5. The molecule has 0 aromatic rings. The molecule has 0 saturated heterocycles. The minimum absolute atomic E-state index is 0.0238. The van der Waals surface area contributed by atoms with Crippen molar-refractivity contribution in [2.24, 2.45) is 34.5 Å². The van der Waals surface area contributed by atoms with Gasteiger partial charge in [-0.2, -0.15) is 0 Å². The number of ether oxygens (including phenoxy) is 1. The Bertz CT molecular complexity index is 964. The quantitative estimate of drug-likeness (QED) is 0.108. The van der Waals surface area contributed by atoms with Crippen LogP contribution < -0.4 is 10.4 Å². The van der Waals surface area contributed by atoms with Gasteiger partial charge in [0.05, 0.1) is 6.61 Å². The summed E-state index contributed by atoms with van der Waals surface area (Å²) in [6.07, 6.45) is 24.1. The first-order valence-corrected chi connectivity index (χ1v) is 17.7. The highest BCUT2D eigenvalue weighted by Gasteiger charge is 2.56. The standard InChI is InChI=1S/C34H57N2O4P/c1-25(2)12-8-9-13-26-15-17-30-29-16-14-27-24-28(18-20-34(27,4)31(29)19-21-33(26,30)3)40-32(37)36-22-10-6-7-11-23-39-41(38)35-5/h8-9,14,16,25-26,28,30-31,35,38H,6-7,10-13,15,17-24H2,1-5H3,(H,36,37)/b9-8+. The summed E-state index contributed by atoms with van der Waals surface area (Å²) in [5, 5.41) is 5.66. The van der Waals surface area contributed by atoms with Crippen molar-refractivity contribution < 1.29 is 18.9 Å². The van der Waals surface area contributed by atoms with E-state index in [1.54, 1.807) is 12.6 Å². The van der Waals surface area contributed by atoms with Crippen LogP contribution in [0.4, 0.5) is 4.79 Å². The highest BCUT2D eigenvalue weighted by molar-refractivity contribution is 7.43. The van der Waals surface area contributed by atoms with Gasteiger partial charge in [0.2, 0.25) is 0 Å². The van der Waals surface area contributed by atoms with Gasteiger partial charge in [-0.1, -0.05) is 76.0 Å². The molecule has 0 aromatic heterocycles. The lowest BCUT2D eigenvalue weighted by molar-refractivity contribution is 0.0337. The summed E-state index contributed by atoms with van der Waals surface area (Å²) in [6.45, 7) is 10.9. The van der Waals surface area contributed by atoms with E-state index in [4.69, 9.17) is 9.26 Å². The van der Waals surface area contributed by atoms with Crippen LogP contribution in [0.5, 0.6) is 0 Å². The summed E-state index contributed by atoms with van der Waals surface area (Å²) >= 11 is 0. The maximum Gasteiger partial charge on any atom is 0.407 e. The van der Waals surface area contributed by atoms with E-state index in [0.717, 1.165) is 62.7 Å². The van der Waals surface area contributed by atoms with Crippen molar-refractivity contribution in [3.63, 3.8) is 0 Å². The van der Waals surface area contributed by atoms with Gasteiger partial charge in [0.25, 0.3) is 8.53 Å². The Balaban J connectivity index is 1.24. The molecule has 4 aliphatic carbocycles. The minimum atomic E-state index is -1.48. The first kappa shape index (κ1) is 32.7. The monoisotopic (exact) mass is 588 g/mol. The Kier molecular flexibility index (Phi) is 12.0. The van der Waals surface area contributed by atoms with Crippen molar-refractivity contribution in [2.45, 2.75) is 117 Å². The topological polar surface area (TPSA) is 79.8 Å². The molecule has 0 bridgehead atoms.